The average Bonchev–Trinajstić information content (AvgIpc) is 3.01. The first-order valence-corrected chi connectivity index (χ1v) is 16.8. The predicted molar refractivity (Wildman–Crippen MR) is 183 cm³/mol. The topological polar surface area (TPSA) is 96.0 Å². The lowest BCUT2D eigenvalue weighted by Crippen LogP contribution is -2.54. The van der Waals surface area contributed by atoms with Crippen LogP contribution in [0.3, 0.4) is 0 Å². The maximum Gasteiger partial charge on any atom is 0.264 e. The van der Waals surface area contributed by atoms with E-state index in [0.717, 1.165) is 21.0 Å². The van der Waals surface area contributed by atoms with Crippen molar-refractivity contribution < 1.29 is 22.7 Å². The van der Waals surface area contributed by atoms with Crippen LogP contribution in [0.15, 0.2) is 102 Å². The molecule has 1 N–H and O–H groups in total. The maximum atomic E-state index is 14.6. The quantitative estimate of drug-likeness (QED) is 0.181. The summed E-state index contributed by atoms with van der Waals surface area (Å²) in [5.74, 6) is -0.636. The van der Waals surface area contributed by atoms with Crippen LogP contribution in [0.5, 0.6) is 5.75 Å². The minimum atomic E-state index is -4.27. The molecule has 0 fully saturated rings. The molecule has 0 heterocycles. The fourth-order valence-corrected chi connectivity index (χ4v) is 6.74. The van der Waals surface area contributed by atoms with Crippen molar-refractivity contribution in [1.29, 1.82) is 0 Å². The molecule has 0 saturated carbocycles. The molecule has 2 amide bonds. The summed E-state index contributed by atoms with van der Waals surface area (Å²) in [6.07, 6.45) is 0.212. The molecule has 1 atom stereocenters. The van der Waals surface area contributed by atoms with Crippen molar-refractivity contribution in [2.75, 3.05) is 18.0 Å². The van der Waals surface area contributed by atoms with E-state index in [1.54, 1.807) is 48.5 Å². The monoisotopic (exact) mass is 661 g/mol. The number of nitrogens with one attached hydrogen (secondary N) is 1. The number of rotatable bonds is 13. The zero-order chi connectivity index (χ0) is 33.4. The van der Waals surface area contributed by atoms with Crippen LogP contribution in [0.1, 0.15) is 36.1 Å². The minimum absolute atomic E-state index is 0.0196. The van der Waals surface area contributed by atoms with Crippen molar-refractivity contribution in [2.45, 2.75) is 57.6 Å². The van der Waals surface area contributed by atoms with Gasteiger partial charge in [-0.15, -0.1) is 0 Å². The van der Waals surface area contributed by atoms with Gasteiger partial charge < -0.3 is 15.0 Å². The van der Waals surface area contributed by atoms with Crippen molar-refractivity contribution >= 4 is 39.1 Å². The van der Waals surface area contributed by atoms with E-state index >= 15 is 0 Å². The Balaban J connectivity index is 1.86. The fourth-order valence-electron chi connectivity index (χ4n) is 5.11. The molecule has 0 aliphatic carbocycles. The van der Waals surface area contributed by atoms with E-state index in [4.69, 9.17) is 16.3 Å². The third-order valence-electron chi connectivity index (χ3n) is 7.43. The Bertz CT molecular complexity index is 1760. The number of amides is 2. The van der Waals surface area contributed by atoms with E-state index in [-0.39, 0.29) is 41.2 Å². The molecule has 8 nitrogen and oxygen atoms in total. The number of nitrogens with zero attached hydrogens (tertiary/aromatic N) is 2. The van der Waals surface area contributed by atoms with Crippen molar-refractivity contribution in [2.24, 2.45) is 0 Å². The van der Waals surface area contributed by atoms with Gasteiger partial charge in [-0.25, -0.2) is 8.42 Å². The van der Waals surface area contributed by atoms with Crippen LogP contribution in [0.2, 0.25) is 5.02 Å². The summed E-state index contributed by atoms with van der Waals surface area (Å²) in [7, 11) is -2.82. The first-order chi connectivity index (χ1) is 21.9. The van der Waals surface area contributed by atoms with Crippen LogP contribution in [-0.2, 0) is 32.6 Å². The lowest BCUT2D eigenvalue weighted by atomic mass is 10.0. The summed E-state index contributed by atoms with van der Waals surface area (Å²) in [5, 5.41) is 3.43. The lowest BCUT2D eigenvalue weighted by molar-refractivity contribution is -0.140. The summed E-state index contributed by atoms with van der Waals surface area (Å²) in [5.41, 5.74) is 3.42. The molecule has 4 aromatic rings. The number of methoxy groups -OCH3 is 1. The van der Waals surface area contributed by atoms with Gasteiger partial charge in [-0.1, -0.05) is 77.8 Å². The van der Waals surface area contributed by atoms with Gasteiger partial charge in [0.1, 0.15) is 18.3 Å². The van der Waals surface area contributed by atoms with Gasteiger partial charge in [0, 0.05) is 24.0 Å². The SMILES string of the molecule is COc1ccc(C)cc1N(CC(=O)N(Cc1cccc(Cl)c1)[C@@H](Cc1ccccc1)C(=O)NC(C)C)S(=O)(=O)c1ccc(C)cc1. The number of aryl methyl sites for hydroxylation is 2. The van der Waals surface area contributed by atoms with Gasteiger partial charge in [0.25, 0.3) is 10.0 Å². The highest BCUT2D eigenvalue weighted by atomic mass is 35.5. The van der Waals surface area contributed by atoms with Gasteiger partial charge in [0.15, 0.2) is 0 Å². The van der Waals surface area contributed by atoms with Gasteiger partial charge in [-0.05, 0) is 80.8 Å². The van der Waals surface area contributed by atoms with Crippen molar-refractivity contribution in [3.05, 3.63) is 124 Å². The summed E-state index contributed by atoms with van der Waals surface area (Å²) < 4.78 is 35.3. The van der Waals surface area contributed by atoms with Gasteiger partial charge in [-0.2, -0.15) is 0 Å². The van der Waals surface area contributed by atoms with Crippen molar-refractivity contribution in [1.82, 2.24) is 10.2 Å². The second-order valence-corrected chi connectivity index (χ2v) is 13.8. The molecular formula is C36H40ClN3O5S. The third-order valence-corrected chi connectivity index (χ3v) is 9.44. The lowest BCUT2D eigenvalue weighted by Gasteiger charge is -2.34. The zero-order valence-corrected chi connectivity index (χ0v) is 28.3. The van der Waals surface area contributed by atoms with Crippen LogP contribution in [0, 0.1) is 13.8 Å². The molecule has 4 rings (SSSR count). The summed E-state index contributed by atoms with van der Waals surface area (Å²) >= 11 is 6.32. The molecule has 0 spiro atoms. The summed E-state index contributed by atoms with van der Waals surface area (Å²) in [6.45, 7) is 6.83. The molecule has 10 heteroatoms. The molecule has 0 radical (unpaired) electrons. The Morgan fingerprint density at radius 1 is 0.848 bits per heavy atom. The van der Waals surface area contributed by atoms with Gasteiger partial charge in [0.05, 0.1) is 17.7 Å². The third kappa shape index (κ3) is 8.68. The van der Waals surface area contributed by atoms with Crippen molar-refractivity contribution in [3.8, 4) is 5.75 Å². The molecule has 0 aliphatic rings. The Kier molecular flexibility index (Phi) is 11.5. The Hall–Kier alpha value is -4.34. The van der Waals surface area contributed by atoms with Gasteiger partial charge in [-0.3, -0.25) is 13.9 Å². The summed E-state index contributed by atoms with van der Waals surface area (Å²) in [6, 6.07) is 26.9. The van der Waals surface area contributed by atoms with Crippen LogP contribution in [-0.4, -0.2) is 50.9 Å². The number of halogens is 1. The maximum absolute atomic E-state index is 14.6. The van der Waals surface area contributed by atoms with Crippen LogP contribution < -0.4 is 14.4 Å². The van der Waals surface area contributed by atoms with Crippen LogP contribution in [0.4, 0.5) is 5.69 Å². The zero-order valence-electron chi connectivity index (χ0n) is 26.7. The summed E-state index contributed by atoms with van der Waals surface area (Å²) in [4.78, 5) is 29.9. The molecule has 46 heavy (non-hydrogen) atoms. The minimum Gasteiger partial charge on any atom is -0.495 e. The number of benzene rings is 4. The molecule has 0 bridgehead atoms. The normalized spacial score (nSPS) is 12.0. The van der Waals surface area contributed by atoms with Gasteiger partial charge >= 0.3 is 0 Å². The first kappa shape index (κ1) is 34.5. The standard InChI is InChI=1S/C36H40ClN3O5S/c1-25(2)38-36(42)33(22-28-10-7-6-8-11-28)39(23-29-12-9-13-30(37)21-29)35(41)24-40(32-20-27(4)16-19-34(32)45-5)46(43,44)31-17-14-26(3)15-18-31/h6-21,25,33H,22-24H2,1-5H3,(H,38,42)/t33-/m0/s1. The van der Waals surface area contributed by atoms with E-state index in [0.29, 0.717) is 10.6 Å². The second kappa shape index (κ2) is 15.3. The number of carbonyl (C=O) groups is 2. The fraction of sp³-hybridized carbons (Fsp3) is 0.278. The first-order valence-electron chi connectivity index (χ1n) is 15.0. The van der Waals surface area contributed by atoms with E-state index < -0.39 is 28.5 Å². The van der Waals surface area contributed by atoms with Crippen LogP contribution in [0.25, 0.3) is 0 Å². The van der Waals surface area contributed by atoms with E-state index in [1.165, 1.54) is 24.1 Å². The Morgan fingerprint density at radius 2 is 1.50 bits per heavy atom. The second-order valence-electron chi connectivity index (χ2n) is 11.5. The highest BCUT2D eigenvalue weighted by Gasteiger charge is 2.35. The van der Waals surface area contributed by atoms with E-state index in [1.807, 2.05) is 64.1 Å². The van der Waals surface area contributed by atoms with Crippen molar-refractivity contribution in [3.63, 3.8) is 0 Å². The number of sulfonamides is 1. The Morgan fingerprint density at radius 3 is 2.13 bits per heavy atom. The number of carbonyl (C=O) groups excluding carboxylic acids is 2. The highest BCUT2D eigenvalue weighted by Crippen LogP contribution is 2.34. The average molecular weight is 662 g/mol. The van der Waals surface area contributed by atoms with Gasteiger partial charge in [0.2, 0.25) is 11.8 Å². The van der Waals surface area contributed by atoms with Crippen LogP contribution >= 0.6 is 11.6 Å². The number of ether oxygens (including phenoxy) is 1. The predicted octanol–water partition coefficient (Wildman–Crippen LogP) is 6.33. The smallest absolute Gasteiger partial charge is 0.264 e. The molecule has 4 aromatic carbocycles. The number of hydrogen-bond acceptors (Lipinski definition) is 5. The number of hydrogen-bond donors (Lipinski definition) is 1. The highest BCUT2D eigenvalue weighted by molar-refractivity contribution is 7.92. The molecule has 0 aromatic heterocycles. The molecular weight excluding hydrogens is 622 g/mol. The molecule has 242 valence electrons. The Labute approximate surface area is 277 Å². The molecule has 0 saturated heterocycles. The molecule has 0 aliphatic heterocycles. The largest absolute Gasteiger partial charge is 0.495 e. The van der Waals surface area contributed by atoms with E-state index in [9.17, 15) is 18.0 Å². The number of anilines is 1. The van der Waals surface area contributed by atoms with E-state index in [2.05, 4.69) is 5.32 Å². The molecule has 0 unspecified atom stereocenters.